The molecule has 0 atom stereocenters. The molecule has 0 fully saturated rings. The number of hydrogen-bond acceptors (Lipinski definition) is 7. The fraction of sp³-hybridized carbons (Fsp3) is 0.148. The van der Waals surface area contributed by atoms with Gasteiger partial charge in [-0.1, -0.05) is 18.2 Å². The van der Waals surface area contributed by atoms with E-state index in [-0.39, 0.29) is 11.6 Å². The van der Waals surface area contributed by atoms with Gasteiger partial charge in [0, 0.05) is 18.2 Å². The molecular weight excluding hydrogens is 464 g/mol. The number of nitro benzene ring substituents is 1. The highest BCUT2D eigenvalue weighted by Gasteiger charge is 2.12. The highest BCUT2D eigenvalue weighted by Crippen LogP contribution is 2.38. The number of carbonyl (C=O) groups excluding carboxylic acids is 1. The van der Waals surface area contributed by atoms with Crippen LogP contribution in [0.25, 0.3) is 18.2 Å². The summed E-state index contributed by atoms with van der Waals surface area (Å²) >= 11 is 0. The van der Waals surface area contributed by atoms with Crippen molar-refractivity contribution in [2.75, 3.05) is 33.8 Å². The van der Waals surface area contributed by atoms with Crippen molar-refractivity contribution < 1.29 is 28.7 Å². The number of nitrogens with one attached hydrogen (secondary N) is 1. The lowest BCUT2D eigenvalue weighted by Gasteiger charge is -2.13. The van der Waals surface area contributed by atoms with Crippen molar-refractivity contribution in [3.63, 3.8) is 0 Å². The van der Waals surface area contributed by atoms with Crippen LogP contribution in [0.2, 0.25) is 0 Å². The molecule has 0 saturated heterocycles. The van der Waals surface area contributed by atoms with E-state index in [1.54, 1.807) is 51.7 Å². The zero-order chi connectivity index (χ0) is 26.1. The summed E-state index contributed by atoms with van der Waals surface area (Å²) in [6.07, 6.45) is 6.70. The Morgan fingerprint density at radius 3 is 1.86 bits per heavy atom. The molecular formula is C27H26N2O7. The van der Waals surface area contributed by atoms with Crippen molar-refractivity contribution in [3.05, 3.63) is 87.5 Å². The van der Waals surface area contributed by atoms with E-state index in [0.29, 0.717) is 34.2 Å². The summed E-state index contributed by atoms with van der Waals surface area (Å²) in [4.78, 5) is 22.7. The number of non-ortho nitro benzene ring substituents is 1. The van der Waals surface area contributed by atoms with E-state index in [1.165, 1.54) is 25.3 Å². The Morgan fingerprint density at radius 2 is 1.31 bits per heavy atom. The normalized spacial score (nSPS) is 10.9. The number of rotatable bonds is 10. The number of nitro groups is 1. The first-order valence-corrected chi connectivity index (χ1v) is 10.8. The zero-order valence-corrected chi connectivity index (χ0v) is 20.3. The van der Waals surface area contributed by atoms with Gasteiger partial charge in [0.15, 0.2) is 11.5 Å². The van der Waals surface area contributed by atoms with Crippen LogP contribution in [0.3, 0.4) is 0 Å². The Kier molecular flexibility index (Phi) is 8.66. The van der Waals surface area contributed by atoms with Crippen LogP contribution in [0.4, 0.5) is 11.4 Å². The monoisotopic (exact) mass is 490 g/mol. The average molecular weight is 491 g/mol. The molecule has 0 aromatic heterocycles. The number of nitrogens with zero attached hydrogens (tertiary/aromatic N) is 1. The van der Waals surface area contributed by atoms with E-state index in [0.717, 1.165) is 11.1 Å². The van der Waals surface area contributed by atoms with Crippen LogP contribution < -0.4 is 24.3 Å². The third kappa shape index (κ3) is 6.41. The molecule has 1 N–H and O–H groups in total. The number of methoxy groups -OCH3 is 4. The number of hydrogen-bond donors (Lipinski definition) is 1. The third-order valence-electron chi connectivity index (χ3n) is 5.17. The van der Waals surface area contributed by atoms with E-state index in [9.17, 15) is 14.9 Å². The fourth-order valence-electron chi connectivity index (χ4n) is 3.36. The molecule has 1 amide bonds. The number of benzene rings is 3. The summed E-state index contributed by atoms with van der Waals surface area (Å²) in [5.74, 6) is 1.73. The van der Waals surface area contributed by atoms with Gasteiger partial charge >= 0.3 is 0 Å². The number of ether oxygens (including phenoxy) is 4. The summed E-state index contributed by atoms with van der Waals surface area (Å²) in [5, 5.41) is 13.5. The van der Waals surface area contributed by atoms with E-state index in [2.05, 4.69) is 5.32 Å². The molecule has 3 aromatic carbocycles. The van der Waals surface area contributed by atoms with E-state index in [1.807, 2.05) is 30.4 Å². The summed E-state index contributed by atoms with van der Waals surface area (Å²) in [5.41, 5.74) is 2.84. The molecule has 3 aromatic rings. The maximum Gasteiger partial charge on any atom is 0.269 e. The predicted octanol–water partition coefficient (Wildman–Crippen LogP) is 5.45. The number of anilines is 1. The Labute approximate surface area is 208 Å². The van der Waals surface area contributed by atoms with Crippen LogP contribution in [0, 0.1) is 10.1 Å². The van der Waals surface area contributed by atoms with Crippen LogP contribution >= 0.6 is 0 Å². The van der Waals surface area contributed by atoms with Crippen LogP contribution in [-0.4, -0.2) is 39.3 Å². The van der Waals surface area contributed by atoms with E-state index < -0.39 is 4.92 Å². The van der Waals surface area contributed by atoms with Gasteiger partial charge in [-0.05, 0) is 59.2 Å². The minimum absolute atomic E-state index is 0.0132. The second kappa shape index (κ2) is 12.1. The molecule has 0 aliphatic heterocycles. The lowest BCUT2D eigenvalue weighted by Crippen LogP contribution is -2.09. The number of carbonyl (C=O) groups is 1. The van der Waals surface area contributed by atoms with Gasteiger partial charge in [-0.2, -0.15) is 0 Å². The fourth-order valence-corrected chi connectivity index (χ4v) is 3.36. The molecule has 0 unspecified atom stereocenters. The first-order valence-electron chi connectivity index (χ1n) is 10.8. The van der Waals surface area contributed by atoms with Crippen molar-refractivity contribution in [1.29, 1.82) is 0 Å². The maximum atomic E-state index is 12.4. The van der Waals surface area contributed by atoms with Gasteiger partial charge in [-0.15, -0.1) is 0 Å². The van der Waals surface area contributed by atoms with Crippen LogP contribution in [0.15, 0.2) is 60.7 Å². The molecule has 0 aliphatic carbocycles. The first-order chi connectivity index (χ1) is 17.4. The summed E-state index contributed by atoms with van der Waals surface area (Å²) in [6, 6.07) is 14.9. The van der Waals surface area contributed by atoms with Crippen molar-refractivity contribution in [2.24, 2.45) is 0 Å². The van der Waals surface area contributed by atoms with Crippen LogP contribution in [0.5, 0.6) is 23.0 Å². The smallest absolute Gasteiger partial charge is 0.269 e. The zero-order valence-electron chi connectivity index (χ0n) is 20.3. The minimum Gasteiger partial charge on any atom is -0.495 e. The molecule has 36 heavy (non-hydrogen) atoms. The average Bonchev–Trinajstić information content (AvgIpc) is 2.90. The van der Waals surface area contributed by atoms with Gasteiger partial charge in [0.05, 0.1) is 39.0 Å². The van der Waals surface area contributed by atoms with Gasteiger partial charge in [-0.3, -0.25) is 14.9 Å². The van der Waals surface area contributed by atoms with Crippen molar-refractivity contribution in [2.45, 2.75) is 0 Å². The quantitative estimate of drug-likeness (QED) is 0.174. The third-order valence-corrected chi connectivity index (χ3v) is 5.17. The Balaban J connectivity index is 1.73. The largest absolute Gasteiger partial charge is 0.495 e. The second-order valence-corrected chi connectivity index (χ2v) is 7.42. The first kappa shape index (κ1) is 25.8. The van der Waals surface area contributed by atoms with E-state index in [4.69, 9.17) is 18.9 Å². The second-order valence-electron chi connectivity index (χ2n) is 7.42. The molecule has 0 heterocycles. The highest BCUT2D eigenvalue weighted by molar-refractivity contribution is 6.02. The molecule has 0 aliphatic rings. The van der Waals surface area contributed by atoms with Crippen LogP contribution in [-0.2, 0) is 4.79 Å². The molecule has 0 spiro atoms. The minimum atomic E-state index is -0.476. The summed E-state index contributed by atoms with van der Waals surface area (Å²) in [7, 11) is 6.19. The maximum absolute atomic E-state index is 12.4. The molecule has 0 saturated carbocycles. The molecule has 0 radical (unpaired) electrons. The van der Waals surface area contributed by atoms with Gasteiger partial charge < -0.3 is 24.3 Å². The Morgan fingerprint density at radius 1 is 0.750 bits per heavy atom. The van der Waals surface area contributed by atoms with E-state index >= 15 is 0 Å². The van der Waals surface area contributed by atoms with Crippen LogP contribution in [0.1, 0.15) is 16.7 Å². The van der Waals surface area contributed by atoms with Gasteiger partial charge in [0.1, 0.15) is 5.75 Å². The predicted molar refractivity (Wildman–Crippen MR) is 139 cm³/mol. The number of amides is 1. The Bertz CT molecular complexity index is 1270. The molecule has 9 heteroatoms. The molecule has 0 bridgehead atoms. The van der Waals surface area contributed by atoms with Crippen molar-refractivity contribution >= 4 is 35.5 Å². The molecule has 186 valence electrons. The highest BCUT2D eigenvalue weighted by atomic mass is 16.6. The SMILES string of the molecule is COc1cc(/C=C/c2cc(OC)c(OC)c(OC)c2)ccc1NC(=O)/C=C/c1ccc([N+](=O)[O-])cc1. The lowest BCUT2D eigenvalue weighted by molar-refractivity contribution is -0.384. The summed E-state index contributed by atoms with van der Waals surface area (Å²) < 4.78 is 21.6. The lowest BCUT2D eigenvalue weighted by atomic mass is 10.1. The van der Waals surface area contributed by atoms with Crippen molar-refractivity contribution in [1.82, 2.24) is 0 Å². The van der Waals surface area contributed by atoms with Gasteiger partial charge in [0.25, 0.3) is 5.69 Å². The van der Waals surface area contributed by atoms with Crippen molar-refractivity contribution in [3.8, 4) is 23.0 Å². The molecule has 9 nitrogen and oxygen atoms in total. The standard InChI is InChI=1S/C27H26N2O7/c1-33-23-15-19(5-6-20-16-24(34-2)27(36-4)25(17-20)35-3)9-13-22(23)28-26(30)14-10-18-7-11-21(12-8-18)29(31)32/h5-17H,1-4H3,(H,28,30)/b6-5+,14-10+. The Hall–Kier alpha value is -4.79. The molecule has 3 rings (SSSR count). The van der Waals surface area contributed by atoms with Gasteiger partial charge in [-0.25, -0.2) is 0 Å². The summed E-state index contributed by atoms with van der Waals surface area (Å²) in [6.45, 7) is 0. The van der Waals surface area contributed by atoms with Gasteiger partial charge in [0.2, 0.25) is 11.7 Å². The topological polar surface area (TPSA) is 109 Å².